The van der Waals surface area contributed by atoms with E-state index in [1.807, 2.05) is 0 Å². The second-order valence-corrected chi connectivity index (χ2v) is 6.04. The number of piperidine rings is 1. The van der Waals surface area contributed by atoms with Crippen LogP contribution in [0.5, 0.6) is 0 Å². The summed E-state index contributed by atoms with van der Waals surface area (Å²) in [6, 6.07) is -0.0533. The fraction of sp³-hybridized carbons (Fsp3) is 0.600. The molecule has 1 aromatic rings. The Kier molecular flexibility index (Phi) is 3.68. The van der Waals surface area contributed by atoms with E-state index in [1.165, 1.54) is 0 Å². The van der Waals surface area contributed by atoms with E-state index in [2.05, 4.69) is 15.3 Å². The third kappa shape index (κ3) is 3.19. The molecule has 1 N–H and O–H groups in total. The molecule has 1 saturated heterocycles. The first kappa shape index (κ1) is 12.4. The van der Waals surface area contributed by atoms with Gasteiger partial charge in [0.1, 0.15) is 0 Å². The van der Waals surface area contributed by atoms with Crippen molar-refractivity contribution in [3.05, 3.63) is 18.2 Å². The molecule has 0 saturated carbocycles. The summed E-state index contributed by atoms with van der Waals surface area (Å²) in [5, 5.41) is 2.85. The van der Waals surface area contributed by atoms with Crippen LogP contribution in [0.4, 0.5) is 4.39 Å². The van der Waals surface area contributed by atoms with E-state index >= 15 is 0 Å². The van der Waals surface area contributed by atoms with Crippen molar-refractivity contribution in [3.8, 4) is 0 Å². The normalized spacial score (nSPS) is 21.4. The summed E-state index contributed by atoms with van der Waals surface area (Å²) < 4.78 is 36.4. The maximum atomic E-state index is 12.6. The van der Waals surface area contributed by atoms with E-state index in [-0.39, 0.29) is 17.0 Å². The van der Waals surface area contributed by atoms with Crippen LogP contribution in [-0.2, 0) is 9.84 Å². The molecule has 0 spiro atoms. The van der Waals surface area contributed by atoms with Gasteiger partial charge in [0.05, 0.1) is 18.1 Å². The Labute approximate surface area is 99.4 Å². The molecule has 5 nitrogen and oxygen atoms in total. The monoisotopic (exact) mass is 259 g/mol. The van der Waals surface area contributed by atoms with Crippen LogP contribution < -0.4 is 5.32 Å². The van der Waals surface area contributed by atoms with E-state index in [9.17, 15) is 12.8 Å². The molecule has 17 heavy (non-hydrogen) atoms. The minimum Gasteiger partial charge on any atom is -0.313 e. The third-order valence-corrected chi connectivity index (χ3v) is 4.32. The highest BCUT2D eigenvalue weighted by molar-refractivity contribution is 7.91. The lowest BCUT2D eigenvalue weighted by molar-refractivity contribution is 0.423. The molecule has 94 valence electrons. The molecule has 0 bridgehead atoms. The minimum atomic E-state index is -3.53. The van der Waals surface area contributed by atoms with Crippen LogP contribution in [0.25, 0.3) is 0 Å². The fourth-order valence-corrected chi connectivity index (χ4v) is 3.26. The number of nitrogens with zero attached hydrogens (tertiary/aromatic N) is 2. The zero-order valence-corrected chi connectivity index (χ0v) is 10.1. The smallest absolute Gasteiger partial charge is 0.247 e. The molecule has 0 aromatic carbocycles. The van der Waals surface area contributed by atoms with Crippen LogP contribution in [-0.4, -0.2) is 36.7 Å². The Morgan fingerprint density at radius 1 is 1.35 bits per heavy atom. The number of aromatic nitrogens is 2. The molecule has 0 radical (unpaired) electrons. The highest BCUT2D eigenvalue weighted by atomic mass is 32.2. The largest absolute Gasteiger partial charge is 0.313 e. The topological polar surface area (TPSA) is 72.0 Å². The maximum Gasteiger partial charge on any atom is 0.247 e. The molecule has 7 heteroatoms. The minimum absolute atomic E-state index is 0.0291. The van der Waals surface area contributed by atoms with Crippen molar-refractivity contribution in [2.24, 2.45) is 0 Å². The van der Waals surface area contributed by atoms with Gasteiger partial charge in [0.15, 0.2) is 5.82 Å². The molecule has 1 aliphatic rings. The van der Waals surface area contributed by atoms with Gasteiger partial charge in [0.2, 0.25) is 15.0 Å². The number of hydrogen-bond acceptors (Lipinski definition) is 5. The van der Waals surface area contributed by atoms with E-state index < -0.39 is 15.7 Å². The molecular formula is C10H14FN3O2S. The molecular weight excluding hydrogens is 245 g/mol. The van der Waals surface area contributed by atoms with Crippen LogP contribution in [0, 0.1) is 5.82 Å². The second-order valence-electron chi connectivity index (χ2n) is 4.11. The van der Waals surface area contributed by atoms with Gasteiger partial charge in [-0.3, -0.25) is 0 Å². The Balaban J connectivity index is 2.10. The van der Waals surface area contributed by atoms with Gasteiger partial charge in [0.25, 0.3) is 0 Å². The molecule has 0 aliphatic carbocycles. The molecule has 1 aromatic heterocycles. The lowest BCUT2D eigenvalue weighted by atomic mass is 10.1. The Morgan fingerprint density at radius 2 is 2.06 bits per heavy atom. The fourth-order valence-electron chi connectivity index (χ4n) is 1.87. The van der Waals surface area contributed by atoms with Gasteiger partial charge in [-0.05, 0) is 19.4 Å². The van der Waals surface area contributed by atoms with E-state index in [0.29, 0.717) is 0 Å². The highest BCUT2D eigenvalue weighted by Gasteiger charge is 2.24. The lowest BCUT2D eigenvalue weighted by Gasteiger charge is -2.22. The Morgan fingerprint density at radius 3 is 2.65 bits per heavy atom. The van der Waals surface area contributed by atoms with Crippen LogP contribution >= 0.6 is 0 Å². The van der Waals surface area contributed by atoms with Gasteiger partial charge in [-0.25, -0.2) is 22.8 Å². The molecule has 1 aliphatic heterocycles. The number of nitrogens with one attached hydrogen (secondary N) is 1. The second kappa shape index (κ2) is 5.05. The quantitative estimate of drug-likeness (QED) is 0.802. The first-order valence-electron chi connectivity index (χ1n) is 5.51. The van der Waals surface area contributed by atoms with Gasteiger partial charge in [0, 0.05) is 6.04 Å². The Hall–Kier alpha value is -1.08. The summed E-state index contributed by atoms with van der Waals surface area (Å²) in [7, 11) is -3.53. The van der Waals surface area contributed by atoms with Crippen LogP contribution in [0.1, 0.15) is 19.3 Å². The average Bonchev–Trinajstić information content (AvgIpc) is 2.30. The third-order valence-electron chi connectivity index (χ3n) is 2.71. The summed E-state index contributed by atoms with van der Waals surface area (Å²) >= 11 is 0. The first-order chi connectivity index (χ1) is 8.08. The summed E-state index contributed by atoms with van der Waals surface area (Å²) in [6.07, 6.45) is 4.67. The summed E-state index contributed by atoms with van der Waals surface area (Å²) in [5.41, 5.74) is 0. The van der Waals surface area contributed by atoms with E-state index in [1.54, 1.807) is 0 Å². The van der Waals surface area contributed by atoms with Gasteiger partial charge < -0.3 is 5.32 Å². The van der Waals surface area contributed by atoms with Gasteiger partial charge in [-0.2, -0.15) is 0 Å². The molecule has 0 unspecified atom stereocenters. The molecule has 0 amide bonds. The standard InChI is InChI=1S/C10H14FN3O2S/c11-8-5-13-10(14-6-8)17(15,16)7-9-3-1-2-4-12-9/h5-6,9,12H,1-4,7H2/t9-/m1/s1. The van der Waals surface area contributed by atoms with Crippen molar-refractivity contribution < 1.29 is 12.8 Å². The molecule has 1 atom stereocenters. The van der Waals surface area contributed by atoms with Crippen molar-refractivity contribution in [2.45, 2.75) is 30.5 Å². The number of hydrogen-bond donors (Lipinski definition) is 1. The highest BCUT2D eigenvalue weighted by Crippen LogP contribution is 2.12. The number of halogens is 1. The van der Waals surface area contributed by atoms with Gasteiger partial charge >= 0.3 is 0 Å². The molecule has 2 heterocycles. The average molecular weight is 259 g/mol. The summed E-state index contributed by atoms with van der Waals surface area (Å²) in [6.45, 7) is 0.838. The number of sulfone groups is 1. The van der Waals surface area contributed by atoms with Crippen LogP contribution in [0.2, 0.25) is 0 Å². The van der Waals surface area contributed by atoms with Crippen molar-refractivity contribution >= 4 is 9.84 Å². The first-order valence-corrected chi connectivity index (χ1v) is 7.17. The van der Waals surface area contributed by atoms with Crippen molar-refractivity contribution in [1.82, 2.24) is 15.3 Å². The summed E-state index contributed by atoms with van der Waals surface area (Å²) in [5.74, 6) is -0.668. The molecule has 2 rings (SSSR count). The van der Waals surface area contributed by atoms with Gasteiger partial charge in [-0.1, -0.05) is 6.42 Å². The Bertz CT molecular complexity index is 469. The zero-order chi connectivity index (χ0) is 12.3. The molecule has 1 fully saturated rings. The van der Waals surface area contributed by atoms with Gasteiger partial charge in [-0.15, -0.1) is 0 Å². The van der Waals surface area contributed by atoms with Crippen molar-refractivity contribution in [3.63, 3.8) is 0 Å². The van der Waals surface area contributed by atoms with Crippen molar-refractivity contribution in [2.75, 3.05) is 12.3 Å². The number of rotatable bonds is 3. The zero-order valence-electron chi connectivity index (χ0n) is 9.26. The van der Waals surface area contributed by atoms with E-state index in [4.69, 9.17) is 0 Å². The van der Waals surface area contributed by atoms with Crippen LogP contribution in [0.15, 0.2) is 17.6 Å². The predicted octanol–water partition coefficient (Wildman–Crippen LogP) is 0.531. The van der Waals surface area contributed by atoms with E-state index in [0.717, 1.165) is 38.2 Å². The SMILES string of the molecule is O=S(=O)(C[C@H]1CCCCN1)c1ncc(F)cn1. The maximum absolute atomic E-state index is 12.6. The summed E-state index contributed by atoms with van der Waals surface area (Å²) in [4.78, 5) is 7.03. The predicted molar refractivity (Wildman–Crippen MR) is 59.7 cm³/mol. The van der Waals surface area contributed by atoms with Crippen LogP contribution in [0.3, 0.4) is 0 Å². The van der Waals surface area contributed by atoms with Crippen molar-refractivity contribution in [1.29, 1.82) is 0 Å². The lowest BCUT2D eigenvalue weighted by Crippen LogP contribution is -2.39.